The van der Waals surface area contributed by atoms with Crippen molar-refractivity contribution in [2.45, 2.75) is 121 Å². The molecule has 2 saturated carbocycles. The van der Waals surface area contributed by atoms with Crippen LogP contribution in [0.5, 0.6) is 11.5 Å². The molecule has 0 amide bonds. The molecule has 2 fully saturated rings. The summed E-state index contributed by atoms with van der Waals surface area (Å²) in [6.45, 7) is 21.6. The Morgan fingerprint density at radius 3 is 1.98 bits per heavy atom. The highest BCUT2D eigenvalue weighted by Crippen LogP contribution is 2.67. The van der Waals surface area contributed by atoms with Crippen LogP contribution in [0, 0.1) is 22.2 Å². The first-order valence-electron chi connectivity index (χ1n) is 16.9. The average molecular weight is 645 g/mol. The molecule has 2 N–H and O–H groups in total. The maximum Gasteiger partial charge on any atom is 0.184 e. The molecule has 2 aliphatic carbocycles. The van der Waals surface area contributed by atoms with Crippen molar-refractivity contribution in [1.82, 2.24) is 0 Å². The Labute approximate surface area is 282 Å². The standard InChI is InChI=1S/C41H56O6/c1-25(2)13-12-20-39(11)31(16-14-26(3)4)24-40(21-18-27(5)6)36(44)34(37(45)41(39,38(40)46)22-19-28(7)8)35(43)30-15-17-33(32(42)23-30)47-29(9)10/h13-15,17-19,23,29,31,42-43H,12,16,20-22,24H2,1-11H3/b35-34+/t31-,39+,40-,41+/m0/s1. The molecule has 256 valence electrons. The van der Waals surface area contributed by atoms with Gasteiger partial charge in [0.2, 0.25) is 0 Å². The minimum atomic E-state index is -1.59. The van der Waals surface area contributed by atoms with E-state index in [1.807, 2.05) is 81.4 Å². The lowest BCUT2D eigenvalue weighted by atomic mass is 9.37. The number of aliphatic hydroxyl groups is 1. The smallest absolute Gasteiger partial charge is 0.184 e. The number of phenolic OH excluding ortho intramolecular Hbond substituents is 1. The molecule has 1 aromatic carbocycles. The Bertz CT molecular complexity index is 1550. The van der Waals surface area contributed by atoms with Crippen LogP contribution in [0.4, 0.5) is 0 Å². The van der Waals surface area contributed by atoms with E-state index >= 15 is 9.59 Å². The summed E-state index contributed by atoms with van der Waals surface area (Å²) < 4.78 is 5.67. The monoisotopic (exact) mass is 644 g/mol. The minimum absolute atomic E-state index is 0.116. The van der Waals surface area contributed by atoms with Crippen molar-refractivity contribution in [3.8, 4) is 11.5 Å². The van der Waals surface area contributed by atoms with E-state index in [1.54, 1.807) is 0 Å². The molecule has 47 heavy (non-hydrogen) atoms. The van der Waals surface area contributed by atoms with Gasteiger partial charge in [-0.05, 0) is 137 Å². The van der Waals surface area contributed by atoms with Gasteiger partial charge in [0.1, 0.15) is 16.7 Å². The highest BCUT2D eigenvalue weighted by atomic mass is 16.5. The molecule has 6 nitrogen and oxygen atoms in total. The van der Waals surface area contributed by atoms with E-state index in [-0.39, 0.29) is 59.7 Å². The average Bonchev–Trinajstić information content (AvgIpc) is 2.96. The molecule has 0 aliphatic heterocycles. The molecule has 0 heterocycles. The molecule has 2 bridgehead atoms. The maximum atomic E-state index is 15.3. The van der Waals surface area contributed by atoms with Gasteiger partial charge in [-0.1, -0.05) is 53.5 Å². The number of hydrogen-bond acceptors (Lipinski definition) is 6. The van der Waals surface area contributed by atoms with E-state index in [0.29, 0.717) is 19.3 Å². The number of hydrogen-bond donors (Lipinski definition) is 2. The number of carbonyl (C=O) groups is 3. The lowest BCUT2D eigenvalue weighted by Gasteiger charge is -2.61. The first-order valence-corrected chi connectivity index (χ1v) is 16.9. The lowest BCUT2D eigenvalue weighted by molar-refractivity contribution is -0.178. The van der Waals surface area contributed by atoms with Gasteiger partial charge in [0.25, 0.3) is 0 Å². The predicted octanol–water partition coefficient (Wildman–Crippen LogP) is 9.98. The van der Waals surface area contributed by atoms with Gasteiger partial charge in [0.15, 0.2) is 28.8 Å². The second kappa shape index (κ2) is 14.6. The van der Waals surface area contributed by atoms with E-state index in [9.17, 15) is 15.0 Å². The summed E-state index contributed by atoms with van der Waals surface area (Å²) in [5.41, 5.74) is 0.0381. The van der Waals surface area contributed by atoms with Crippen LogP contribution >= 0.6 is 0 Å². The summed E-state index contributed by atoms with van der Waals surface area (Å²) >= 11 is 0. The van der Waals surface area contributed by atoms with Gasteiger partial charge in [-0.3, -0.25) is 14.4 Å². The fourth-order valence-electron chi connectivity index (χ4n) is 7.47. The van der Waals surface area contributed by atoms with Gasteiger partial charge in [-0.25, -0.2) is 0 Å². The van der Waals surface area contributed by atoms with Crippen LogP contribution in [0.1, 0.15) is 120 Å². The number of Topliss-reactive ketones (excluding diaryl/α,β-unsaturated/α-hetero) is 3. The van der Waals surface area contributed by atoms with Crippen molar-refractivity contribution in [2.24, 2.45) is 22.2 Å². The van der Waals surface area contributed by atoms with Gasteiger partial charge in [0.05, 0.1) is 11.5 Å². The minimum Gasteiger partial charge on any atom is -0.506 e. The number of carbonyl (C=O) groups excluding carboxylic acids is 3. The number of phenols is 1. The van der Waals surface area contributed by atoms with Crippen molar-refractivity contribution in [1.29, 1.82) is 0 Å². The Balaban J connectivity index is 2.48. The number of aromatic hydroxyl groups is 1. The largest absolute Gasteiger partial charge is 0.506 e. The number of rotatable bonds is 12. The third kappa shape index (κ3) is 7.27. The van der Waals surface area contributed by atoms with Crippen molar-refractivity contribution in [2.75, 3.05) is 0 Å². The van der Waals surface area contributed by atoms with Crippen molar-refractivity contribution < 1.29 is 29.3 Å². The first kappa shape index (κ1) is 37.8. The van der Waals surface area contributed by atoms with Crippen LogP contribution in [0.25, 0.3) is 5.76 Å². The summed E-state index contributed by atoms with van der Waals surface area (Å²) in [4.78, 5) is 45.4. The number of aliphatic hydroxyl groups excluding tert-OH is 1. The Morgan fingerprint density at radius 1 is 0.872 bits per heavy atom. The number of benzene rings is 1. The molecule has 1 aromatic rings. The summed E-state index contributed by atoms with van der Waals surface area (Å²) in [6, 6.07) is 4.36. The van der Waals surface area contributed by atoms with Crippen LogP contribution < -0.4 is 4.74 Å². The molecule has 0 spiro atoms. The molecule has 0 aromatic heterocycles. The van der Waals surface area contributed by atoms with Gasteiger partial charge in [-0.2, -0.15) is 0 Å². The topological polar surface area (TPSA) is 101 Å². The van der Waals surface area contributed by atoms with E-state index < -0.39 is 33.6 Å². The van der Waals surface area contributed by atoms with Crippen LogP contribution in [0.2, 0.25) is 0 Å². The first-order chi connectivity index (χ1) is 21.8. The van der Waals surface area contributed by atoms with E-state index in [4.69, 9.17) is 4.74 Å². The summed E-state index contributed by atoms with van der Waals surface area (Å²) in [5, 5.41) is 22.7. The zero-order valence-electron chi connectivity index (χ0n) is 30.5. The van der Waals surface area contributed by atoms with Gasteiger partial charge >= 0.3 is 0 Å². The molecule has 0 radical (unpaired) electrons. The molecule has 4 atom stereocenters. The zero-order valence-corrected chi connectivity index (χ0v) is 30.5. The van der Waals surface area contributed by atoms with Crippen LogP contribution in [-0.4, -0.2) is 33.7 Å². The number of ether oxygens (including phenoxy) is 1. The molecule has 0 saturated heterocycles. The van der Waals surface area contributed by atoms with Gasteiger partial charge < -0.3 is 14.9 Å². The molecule has 3 rings (SSSR count). The quantitative estimate of drug-likeness (QED) is 0.0772. The predicted molar refractivity (Wildman–Crippen MR) is 190 cm³/mol. The summed E-state index contributed by atoms with van der Waals surface area (Å²) in [6.07, 6.45) is 10.4. The number of fused-ring (bicyclic) bond motifs is 2. The van der Waals surface area contributed by atoms with Crippen molar-refractivity contribution in [3.63, 3.8) is 0 Å². The Kier molecular flexibility index (Phi) is 11.8. The third-order valence-corrected chi connectivity index (χ3v) is 10.1. The van der Waals surface area contributed by atoms with Gasteiger partial charge in [0, 0.05) is 5.56 Å². The SMILES string of the molecule is CC(C)=CCC[C@]1(C)[C@@H](CC=C(C)C)C[C@@]2(CC=C(C)C)C(=O)/C(=C(\O)c3ccc(OC(C)C)c(O)c3)C(=O)[C@]1(CC=C(C)C)C2=O. The van der Waals surface area contributed by atoms with Crippen LogP contribution in [0.15, 0.2) is 70.4 Å². The molecular weight excluding hydrogens is 588 g/mol. The zero-order chi connectivity index (χ0) is 35.5. The Morgan fingerprint density at radius 2 is 1.45 bits per heavy atom. The second-order valence-electron chi connectivity index (χ2n) is 15.2. The molecular formula is C41H56O6. The fraction of sp³-hybridized carbons (Fsp3) is 0.537. The number of allylic oxidation sites excluding steroid dienone is 9. The van der Waals surface area contributed by atoms with E-state index in [0.717, 1.165) is 22.3 Å². The third-order valence-electron chi connectivity index (χ3n) is 10.1. The number of ketones is 3. The van der Waals surface area contributed by atoms with Crippen LogP contribution in [-0.2, 0) is 14.4 Å². The second-order valence-corrected chi connectivity index (χ2v) is 15.2. The maximum absolute atomic E-state index is 15.3. The van der Waals surface area contributed by atoms with Gasteiger partial charge in [-0.15, -0.1) is 0 Å². The van der Waals surface area contributed by atoms with E-state index in [1.165, 1.54) is 18.2 Å². The van der Waals surface area contributed by atoms with E-state index in [2.05, 4.69) is 19.1 Å². The molecule has 6 heteroatoms. The molecule has 2 aliphatic rings. The van der Waals surface area contributed by atoms with Crippen LogP contribution in [0.3, 0.4) is 0 Å². The highest BCUT2D eigenvalue weighted by Gasteiger charge is 2.74. The summed E-state index contributed by atoms with van der Waals surface area (Å²) in [7, 11) is 0. The fourth-order valence-corrected chi connectivity index (χ4v) is 7.47. The Hall–Kier alpha value is -3.67. The lowest BCUT2D eigenvalue weighted by Crippen LogP contribution is -2.70. The normalized spacial score (nSPS) is 26.5. The van der Waals surface area contributed by atoms with Crippen molar-refractivity contribution >= 4 is 23.1 Å². The molecule has 0 unspecified atom stereocenters. The van der Waals surface area contributed by atoms with Crippen molar-refractivity contribution in [3.05, 3.63) is 75.9 Å². The summed E-state index contributed by atoms with van der Waals surface area (Å²) in [5.74, 6) is -2.25. The highest BCUT2D eigenvalue weighted by molar-refractivity contribution is 6.41.